The molecule has 0 bridgehead atoms. The third-order valence-corrected chi connectivity index (χ3v) is 8.48. The van der Waals surface area contributed by atoms with Crippen LogP contribution in [0.5, 0.6) is 0 Å². The lowest BCUT2D eigenvalue weighted by Gasteiger charge is -2.22. The molecule has 0 aliphatic heterocycles. The van der Waals surface area contributed by atoms with Crippen LogP contribution in [-0.2, 0) is 84.6 Å². The maximum Gasteiger partial charge on any atom is 0.331 e. The van der Waals surface area contributed by atoms with Crippen LogP contribution in [0.25, 0.3) is 0 Å². The molecule has 0 saturated carbocycles. The summed E-state index contributed by atoms with van der Waals surface area (Å²) < 4.78 is 98.1. The molecule has 18 nitrogen and oxygen atoms in total. The van der Waals surface area contributed by atoms with E-state index >= 15 is 0 Å². The fourth-order valence-electron chi connectivity index (χ4n) is 3.86. The van der Waals surface area contributed by atoms with Crippen molar-refractivity contribution in [3.8, 4) is 0 Å². The Kier molecular flexibility index (Phi) is 47.4. The van der Waals surface area contributed by atoms with Crippen molar-refractivity contribution in [3.05, 3.63) is 0 Å². The van der Waals surface area contributed by atoms with Crippen molar-refractivity contribution in [1.29, 1.82) is 0 Å². The molecule has 0 saturated heterocycles. The van der Waals surface area contributed by atoms with Crippen molar-refractivity contribution < 1.29 is 84.6 Å². The van der Waals surface area contributed by atoms with Crippen LogP contribution in [0, 0.1) is 0 Å². The van der Waals surface area contributed by atoms with E-state index in [-0.39, 0.29) is 0 Å². The van der Waals surface area contributed by atoms with Crippen LogP contribution >= 0.6 is 0 Å². The Morgan fingerprint density at radius 2 is 0.327 bits per heavy atom. The van der Waals surface area contributed by atoms with E-state index in [0.717, 1.165) is 0 Å². The van der Waals surface area contributed by atoms with Crippen LogP contribution in [-0.4, -0.2) is 234 Å². The topological polar surface area (TPSA) is 166 Å². The summed E-state index contributed by atoms with van der Waals surface area (Å²) in [6.07, 6.45) is 0. The average Bonchev–Trinajstić information content (AvgIpc) is 3.18. The van der Waals surface area contributed by atoms with Crippen LogP contribution in [0.4, 0.5) is 0 Å². The third kappa shape index (κ3) is 49.6. The number of methoxy groups -OCH3 is 2. The number of hydrogen-bond acceptors (Lipinski definition) is 18. The van der Waals surface area contributed by atoms with Crippen molar-refractivity contribution in [2.75, 3.05) is 226 Å². The monoisotopic (exact) mass is 824 g/mol. The molecule has 0 radical (unpaired) electrons. The van der Waals surface area contributed by atoms with Crippen molar-refractivity contribution in [1.82, 2.24) is 0 Å². The second-order valence-electron chi connectivity index (χ2n) is 11.7. The molecule has 0 aromatic heterocycles. The van der Waals surface area contributed by atoms with Gasteiger partial charge < -0.3 is 84.6 Å². The number of ether oxygens (including phenoxy) is 16. The molecule has 0 aliphatic carbocycles. The van der Waals surface area contributed by atoms with Crippen LogP contribution < -0.4 is 0 Å². The van der Waals surface area contributed by atoms with Crippen LogP contribution in [0.15, 0.2) is 0 Å². The summed E-state index contributed by atoms with van der Waals surface area (Å²) in [5.74, 6) is 0. The molecule has 0 heterocycles. The molecule has 0 amide bonds. The predicted molar refractivity (Wildman–Crippen MR) is 205 cm³/mol. The van der Waals surface area contributed by atoms with Crippen LogP contribution in [0.1, 0.15) is 0 Å². The normalized spacial score (nSPS) is 12.0. The molecule has 0 spiro atoms. The van der Waals surface area contributed by atoms with Gasteiger partial charge in [0, 0.05) is 14.2 Å². The SMILES string of the molecule is COCCOCCOCCOCCOCCOCCOCCOCCO[Si](C)(C)OCCOCCOCCOCCOCCOCCOCCOCCOC. The molecule has 0 unspecified atom stereocenters. The van der Waals surface area contributed by atoms with Gasteiger partial charge >= 0.3 is 8.56 Å². The Bertz CT molecular complexity index is 649. The summed E-state index contributed by atoms with van der Waals surface area (Å²) in [5, 5.41) is 0. The number of hydrogen-bond donors (Lipinski definition) is 0. The number of rotatable bonds is 50. The van der Waals surface area contributed by atoms with E-state index in [4.69, 9.17) is 84.6 Å². The van der Waals surface area contributed by atoms with E-state index in [9.17, 15) is 0 Å². The molecular formula is C36H76O18Si. The van der Waals surface area contributed by atoms with Crippen molar-refractivity contribution in [2.45, 2.75) is 13.1 Å². The molecular weight excluding hydrogens is 748 g/mol. The van der Waals surface area contributed by atoms with E-state index in [1.165, 1.54) is 0 Å². The fourth-order valence-corrected chi connectivity index (χ4v) is 5.10. The predicted octanol–water partition coefficient (Wildman–Crippen LogP) is 1.25. The molecule has 332 valence electrons. The van der Waals surface area contributed by atoms with Crippen molar-refractivity contribution in [3.63, 3.8) is 0 Å². The zero-order chi connectivity index (χ0) is 39.9. The molecule has 0 rings (SSSR count). The minimum Gasteiger partial charge on any atom is -0.392 e. The van der Waals surface area contributed by atoms with Crippen LogP contribution in [0.2, 0.25) is 13.1 Å². The molecule has 0 aromatic carbocycles. The van der Waals surface area contributed by atoms with Gasteiger partial charge in [-0.3, -0.25) is 0 Å². The van der Waals surface area contributed by atoms with Gasteiger partial charge in [-0.2, -0.15) is 0 Å². The fraction of sp³-hybridized carbons (Fsp3) is 1.00. The highest BCUT2D eigenvalue weighted by Gasteiger charge is 2.24. The summed E-state index contributed by atoms with van der Waals surface area (Å²) in [7, 11) is 1.04. The molecule has 0 N–H and O–H groups in total. The smallest absolute Gasteiger partial charge is 0.331 e. The standard InChI is InChI=1S/C36H76O18Si/c1-37-5-7-39-9-11-41-13-15-43-17-19-45-21-23-47-25-27-49-29-31-51-33-35-53-55(3,4)54-36-34-52-32-30-50-28-26-48-24-22-46-20-18-44-16-14-42-12-10-40-8-6-38-2/h5-36H2,1-4H3. The average molecular weight is 825 g/mol. The quantitative estimate of drug-likeness (QED) is 0.0635. The molecule has 0 atom stereocenters. The van der Waals surface area contributed by atoms with E-state index in [1.807, 2.05) is 13.1 Å². The Labute approximate surface area is 331 Å². The summed E-state index contributed by atoms with van der Waals surface area (Å²) in [6.45, 7) is 20.5. The Balaban J connectivity index is 3.23. The molecule has 55 heavy (non-hydrogen) atoms. The van der Waals surface area contributed by atoms with Gasteiger partial charge in [0.25, 0.3) is 0 Å². The maximum absolute atomic E-state index is 5.91. The largest absolute Gasteiger partial charge is 0.392 e. The first-order valence-electron chi connectivity index (χ1n) is 19.5. The van der Waals surface area contributed by atoms with Gasteiger partial charge in [0.1, 0.15) is 0 Å². The zero-order valence-corrected chi connectivity index (χ0v) is 35.5. The lowest BCUT2D eigenvalue weighted by atomic mass is 10.6. The van der Waals surface area contributed by atoms with Gasteiger partial charge in [0.05, 0.1) is 211 Å². The minimum absolute atomic E-state index is 0.465. The van der Waals surface area contributed by atoms with Gasteiger partial charge in [-0.25, -0.2) is 0 Å². The van der Waals surface area contributed by atoms with Crippen molar-refractivity contribution >= 4 is 8.56 Å². The van der Waals surface area contributed by atoms with Crippen molar-refractivity contribution in [2.24, 2.45) is 0 Å². The minimum atomic E-state index is -2.25. The van der Waals surface area contributed by atoms with E-state index in [0.29, 0.717) is 211 Å². The highest BCUT2D eigenvalue weighted by Crippen LogP contribution is 2.06. The first-order valence-corrected chi connectivity index (χ1v) is 22.3. The van der Waals surface area contributed by atoms with E-state index in [1.54, 1.807) is 14.2 Å². The Morgan fingerprint density at radius 1 is 0.200 bits per heavy atom. The van der Waals surface area contributed by atoms with Gasteiger partial charge in [0.15, 0.2) is 0 Å². The van der Waals surface area contributed by atoms with Gasteiger partial charge in [-0.1, -0.05) is 0 Å². The van der Waals surface area contributed by atoms with Crippen LogP contribution in [0.3, 0.4) is 0 Å². The summed E-state index contributed by atoms with van der Waals surface area (Å²) in [4.78, 5) is 0. The molecule has 0 fully saturated rings. The Morgan fingerprint density at radius 3 is 0.473 bits per heavy atom. The summed E-state index contributed by atoms with van der Waals surface area (Å²) >= 11 is 0. The van der Waals surface area contributed by atoms with Gasteiger partial charge in [-0.15, -0.1) is 0 Å². The second kappa shape index (κ2) is 47.9. The first kappa shape index (κ1) is 54.5. The molecule has 0 aromatic rings. The maximum atomic E-state index is 5.91. The zero-order valence-electron chi connectivity index (χ0n) is 34.5. The second-order valence-corrected chi connectivity index (χ2v) is 15.0. The highest BCUT2D eigenvalue weighted by molar-refractivity contribution is 6.64. The van der Waals surface area contributed by atoms with E-state index < -0.39 is 8.56 Å². The Hall–Kier alpha value is -0.503. The van der Waals surface area contributed by atoms with Gasteiger partial charge in [-0.05, 0) is 13.1 Å². The van der Waals surface area contributed by atoms with Gasteiger partial charge in [0.2, 0.25) is 0 Å². The molecule has 19 heteroatoms. The first-order chi connectivity index (χ1) is 27.1. The summed E-state index contributed by atoms with van der Waals surface area (Å²) in [5.41, 5.74) is 0. The molecule has 0 aliphatic rings. The lowest BCUT2D eigenvalue weighted by molar-refractivity contribution is -0.0237. The van der Waals surface area contributed by atoms with E-state index in [2.05, 4.69) is 0 Å². The lowest BCUT2D eigenvalue weighted by Crippen LogP contribution is -2.37. The third-order valence-electron chi connectivity index (χ3n) is 6.68. The summed E-state index contributed by atoms with van der Waals surface area (Å²) in [6, 6.07) is 0. The highest BCUT2D eigenvalue weighted by atomic mass is 28.4.